The van der Waals surface area contributed by atoms with Gasteiger partial charge in [0.05, 0.1) is 25.3 Å². The van der Waals surface area contributed by atoms with Crippen LogP contribution in [-0.4, -0.2) is 13.0 Å². The number of hydrogen-bond donors (Lipinski definition) is 1. The number of furan rings is 1. The lowest BCUT2D eigenvalue weighted by Crippen LogP contribution is -2.34. The van der Waals surface area contributed by atoms with Crippen LogP contribution in [0.15, 0.2) is 58.5 Å². The summed E-state index contributed by atoms with van der Waals surface area (Å²) < 4.78 is 10.9. The van der Waals surface area contributed by atoms with Crippen molar-refractivity contribution < 1.29 is 13.9 Å². The first kappa shape index (κ1) is 16.0. The number of para-hydroxylation sites is 1. The van der Waals surface area contributed by atoms with Crippen LogP contribution < -0.4 is 10.1 Å². The Kier molecular flexibility index (Phi) is 4.09. The summed E-state index contributed by atoms with van der Waals surface area (Å²) in [5.74, 6) is 1.71. The van der Waals surface area contributed by atoms with Crippen LogP contribution in [0.25, 0.3) is 11.3 Å². The maximum atomic E-state index is 12.8. The van der Waals surface area contributed by atoms with Gasteiger partial charge in [0.2, 0.25) is 5.91 Å². The summed E-state index contributed by atoms with van der Waals surface area (Å²) in [5.41, 5.74) is 1.59. The summed E-state index contributed by atoms with van der Waals surface area (Å²) in [5, 5.41) is 5.14. The third-order valence-corrected chi connectivity index (χ3v) is 5.63. The Morgan fingerprint density at radius 2 is 2.12 bits per heavy atom. The molecule has 0 aliphatic heterocycles. The molecule has 1 aliphatic rings. The maximum absolute atomic E-state index is 12.8. The second-order valence-electron chi connectivity index (χ2n) is 6.24. The zero-order valence-corrected chi connectivity index (χ0v) is 14.8. The fourth-order valence-corrected chi connectivity index (χ4v) is 3.98. The number of rotatable bonds is 6. The number of benzene rings is 1. The van der Waals surface area contributed by atoms with Gasteiger partial charge in [0.15, 0.2) is 0 Å². The van der Waals surface area contributed by atoms with Gasteiger partial charge in [0.25, 0.3) is 0 Å². The summed E-state index contributed by atoms with van der Waals surface area (Å²) in [6, 6.07) is 13.7. The Hall–Kier alpha value is -2.53. The van der Waals surface area contributed by atoms with Crippen LogP contribution in [0.2, 0.25) is 0 Å². The molecule has 2 heterocycles. The molecule has 0 unspecified atom stereocenters. The van der Waals surface area contributed by atoms with Gasteiger partial charge < -0.3 is 14.5 Å². The number of methoxy groups -OCH3 is 1. The van der Waals surface area contributed by atoms with Crippen molar-refractivity contribution in [3.8, 4) is 17.1 Å². The molecule has 2 aromatic heterocycles. The molecular weight excluding hydrogens is 334 g/mol. The van der Waals surface area contributed by atoms with Crippen molar-refractivity contribution in [2.45, 2.75) is 24.8 Å². The van der Waals surface area contributed by atoms with Crippen molar-refractivity contribution in [3.05, 3.63) is 64.5 Å². The first-order valence-electron chi connectivity index (χ1n) is 8.26. The van der Waals surface area contributed by atoms with Crippen LogP contribution in [0.4, 0.5) is 0 Å². The summed E-state index contributed by atoms with van der Waals surface area (Å²) in [7, 11) is 1.65. The van der Waals surface area contributed by atoms with Gasteiger partial charge in [0.1, 0.15) is 11.5 Å². The Bertz CT molecular complexity index is 878. The van der Waals surface area contributed by atoms with Gasteiger partial charge in [-0.25, -0.2) is 0 Å². The molecule has 128 valence electrons. The summed E-state index contributed by atoms with van der Waals surface area (Å²) in [4.78, 5) is 13.9. The standard InChI is InChI=1S/C20H19NO3S/c1-23-18-6-3-2-5-16(18)20(8-9-20)19(22)21-12-15-11-14(13-25-15)17-7-4-10-24-17/h2-7,10-11,13H,8-9,12H2,1H3,(H,21,22). The van der Waals surface area contributed by atoms with Crippen LogP contribution in [0, 0.1) is 0 Å². The molecule has 0 saturated heterocycles. The number of carbonyl (C=O) groups excluding carboxylic acids is 1. The Morgan fingerprint density at radius 3 is 2.84 bits per heavy atom. The van der Waals surface area contributed by atoms with E-state index in [1.807, 2.05) is 41.8 Å². The van der Waals surface area contributed by atoms with Crippen LogP contribution in [-0.2, 0) is 16.8 Å². The van der Waals surface area contributed by atoms with Crippen LogP contribution in [0.3, 0.4) is 0 Å². The molecule has 1 amide bonds. The largest absolute Gasteiger partial charge is 0.496 e. The van der Waals surface area contributed by atoms with Crippen LogP contribution >= 0.6 is 11.3 Å². The summed E-state index contributed by atoms with van der Waals surface area (Å²) in [6.45, 7) is 0.529. The SMILES string of the molecule is COc1ccccc1C1(C(=O)NCc2cc(-c3ccco3)cs2)CC1. The highest BCUT2D eigenvalue weighted by Gasteiger charge is 2.52. The van der Waals surface area contributed by atoms with E-state index in [0.29, 0.717) is 6.54 Å². The molecule has 3 aromatic rings. The predicted octanol–water partition coefficient (Wildman–Crippen LogP) is 4.36. The molecule has 4 rings (SSSR count). The predicted molar refractivity (Wildman–Crippen MR) is 97.8 cm³/mol. The number of thiophene rings is 1. The lowest BCUT2D eigenvalue weighted by molar-refractivity contribution is -0.123. The molecule has 1 saturated carbocycles. The number of hydrogen-bond acceptors (Lipinski definition) is 4. The van der Waals surface area contributed by atoms with E-state index in [2.05, 4.69) is 11.4 Å². The zero-order chi connectivity index (χ0) is 17.3. The Morgan fingerprint density at radius 1 is 1.28 bits per heavy atom. The molecule has 4 nitrogen and oxygen atoms in total. The van der Waals surface area contributed by atoms with E-state index in [4.69, 9.17) is 9.15 Å². The first-order valence-corrected chi connectivity index (χ1v) is 9.14. The summed E-state index contributed by atoms with van der Waals surface area (Å²) >= 11 is 1.62. The molecular formula is C20H19NO3S. The lowest BCUT2D eigenvalue weighted by atomic mass is 9.94. The minimum Gasteiger partial charge on any atom is -0.496 e. The molecule has 5 heteroatoms. The molecule has 25 heavy (non-hydrogen) atoms. The Balaban J connectivity index is 1.46. The normalized spacial score (nSPS) is 14.9. The van der Waals surface area contributed by atoms with Gasteiger partial charge >= 0.3 is 0 Å². The average Bonchev–Trinajstić information content (AvgIpc) is 3.06. The molecule has 0 radical (unpaired) electrons. The number of amides is 1. The molecule has 1 fully saturated rings. The van der Waals surface area contributed by atoms with E-state index in [9.17, 15) is 4.79 Å². The highest BCUT2D eigenvalue weighted by molar-refractivity contribution is 7.10. The van der Waals surface area contributed by atoms with Crippen molar-refractivity contribution in [2.24, 2.45) is 0 Å². The van der Waals surface area contributed by atoms with E-state index < -0.39 is 5.41 Å². The quantitative estimate of drug-likeness (QED) is 0.716. The van der Waals surface area contributed by atoms with Gasteiger partial charge in [-0.05, 0) is 37.1 Å². The van der Waals surface area contributed by atoms with Crippen molar-refractivity contribution in [2.75, 3.05) is 7.11 Å². The molecule has 1 aromatic carbocycles. The monoisotopic (exact) mass is 353 g/mol. The van der Waals surface area contributed by atoms with Crippen LogP contribution in [0.1, 0.15) is 23.3 Å². The van der Waals surface area contributed by atoms with Crippen molar-refractivity contribution >= 4 is 17.2 Å². The highest BCUT2D eigenvalue weighted by Crippen LogP contribution is 2.51. The second-order valence-corrected chi connectivity index (χ2v) is 7.24. The zero-order valence-electron chi connectivity index (χ0n) is 14.0. The van der Waals surface area contributed by atoms with E-state index in [1.165, 1.54) is 0 Å². The van der Waals surface area contributed by atoms with E-state index in [0.717, 1.165) is 40.4 Å². The van der Waals surface area contributed by atoms with Gasteiger partial charge in [-0.15, -0.1) is 11.3 Å². The maximum Gasteiger partial charge on any atom is 0.231 e. The molecule has 0 atom stereocenters. The number of carbonyl (C=O) groups is 1. The van der Waals surface area contributed by atoms with Gasteiger partial charge in [0, 0.05) is 21.4 Å². The lowest BCUT2D eigenvalue weighted by Gasteiger charge is -2.18. The fourth-order valence-electron chi connectivity index (χ4n) is 3.17. The molecule has 0 bridgehead atoms. The van der Waals surface area contributed by atoms with Gasteiger partial charge in [-0.2, -0.15) is 0 Å². The Labute approximate surface area is 150 Å². The van der Waals surface area contributed by atoms with Crippen molar-refractivity contribution in [1.29, 1.82) is 0 Å². The van der Waals surface area contributed by atoms with Gasteiger partial charge in [-0.3, -0.25) is 4.79 Å². The van der Waals surface area contributed by atoms with E-state index >= 15 is 0 Å². The van der Waals surface area contributed by atoms with Crippen LogP contribution in [0.5, 0.6) is 5.75 Å². The van der Waals surface area contributed by atoms with Gasteiger partial charge in [-0.1, -0.05) is 18.2 Å². The minimum atomic E-state index is -0.437. The third kappa shape index (κ3) is 2.96. The van der Waals surface area contributed by atoms with E-state index in [-0.39, 0.29) is 5.91 Å². The number of ether oxygens (including phenoxy) is 1. The number of nitrogens with one attached hydrogen (secondary N) is 1. The molecule has 1 aliphatic carbocycles. The third-order valence-electron chi connectivity index (χ3n) is 4.69. The fraction of sp³-hybridized carbons (Fsp3) is 0.250. The summed E-state index contributed by atoms with van der Waals surface area (Å²) in [6.07, 6.45) is 3.39. The second kappa shape index (κ2) is 6.41. The molecule has 1 N–H and O–H groups in total. The topological polar surface area (TPSA) is 51.5 Å². The first-order chi connectivity index (χ1) is 12.2. The van der Waals surface area contributed by atoms with E-state index in [1.54, 1.807) is 24.7 Å². The van der Waals surface area contributed by atoms with Crippen molar-refractivity contribution in [1.82, 2.24) is 5.32 Å². The molecule has 0 spiro atoms. The minimum absolute atomic E-state index is 0.0740. The van der Waals surface area contributed by atoms with Crippen molar-refractivity contribution in [3.63, 3.8) is 0 Å². The average molecular weight is 353 g/mol. The highest BCUT2D eigenvalue weighted by atomic mass is 32.1. The smallest absolute Gasteiger partial charge is 0.231 e.